The fourth-order valence-corrected chi connectivity index (χ4v) is 1.21. The van der Waals surface area contributed by atoms with E-state index >= 15 is 0 Å². The van der Waals surface area contributed by atoms with E-state index in [1.807, 2.05) is 6.92 Å². The Labute approximate surface area is 88.7 Å². The van der Waals surface area contributed by atoms with Gasteiger partial charge in [0.25, 0.3) is 0 Å². The average molecular weight is 209 g/mol. The van der Waals surface area contributed by atoms with Gasteiger partial charge in [0.1, 0.15) is 5.75 Å². The molecule has 0 unspecified atom stereocenters. The predicted octanol–water partition coefficient (Wildman–Crippen LogP) is 0.855. The van der Waals surface area contributed by atoms with Crippen molar-refractivity contribution in [2.75, 3.05) is 13.2 Å². The molecule has 1 amide bonds. The van der Waals surface area contributed by atoms with E-state index in [4.69, 9.17) is 15.6 Å². The zero-order valence-electron chi connectivity index (χ0n) is 8.69. The number of benzene rings is 1. The van der Waals surface area contributed by atoms with Crippen LogP contribution in [0.25, 0.3) is 0 Å². The van der Waals surface area contributed by atoms with E-state index in [9.17, 15) is 4.79 Å². The van der Waals surface area contributed by atoms with Gasteiger partial charge in [0.2, 0.25) is 5.91 Å². The normalized spacial score (nSPS) is 10.0. The highest BCUT2D eigenvalue weighted by atomic mass is 16.5. The van der Waals surface area contributed by atoms with Crippen LogP contribution in [0.4, 0.5) is 0 Å². The molecule has 0 saturated heterocycles. The molecule has 1 aromatic rings. The summed E-state index contributed by atoms with van der Waals surface area (Å²) in [5.74, 6) is 0.272. The maximum atomic E-state index is 10.9. The summed E-state index contributed by atoms with van der Waals surface area (Å²) in [5, 5.41) is 8.59. The van der Waals surface area contributed by atoms with Gasteiger partial charge >= 0.3 is 0 Å². The molecule has 0 aromatic heterocycles. The van der Waals surface area contributed by atoms with E-state index in [1.165, 1.54) is 0 Å². The number of ether oxygens (including phenoxy) is 1. The summed E-state index contributed by atoms with van der Waals surface area (Å²) in [6, 6.07) is 5.03. The molecule has 0 spiro atoms. The standard InChI is InChI=1S/C11H15NO3/c1-8-7-9(11(12)14)3-4-10(8)15-6-2-5-13/h3-4,7,13H,2,5-6H2,1H3,(H2,12,14). The van der Waals surface area contributed by atoms with Gasteiger partial charge in [0.05, 0.1) is 6.61 Å². The lowest BCUT2D eigenvalue weighted by Gasteiger charge is -2.08. The second kappa shape index (κ2) is 5.36. The lowest BCUT2D eigenvalue weighted by molar-refractivity contribution is 0.1000. The minimum Gasteiger partial charge on any atom is -0.493 e. The molecule has 0 heterocycles. The first-order chi connectivity index (χ1) is 7.15. The van der Waals surface area contributed by atoms with Crippen LogP contribution < -0.4 is 10.5 Å². The first kappa shape index (κ1) is 11.5. The molecule has 1 aromatic carbocycles. The molecule has 0 atom stereocenters. The summed E-state index contributed by atoms with van der Waals surface area (Å²) in [6.45, 7) is 2.42. The minimum absolute atomic E-state index is 0.110. The first-order valence-electron chi connectivity index (χ1n) is 4.79. The second-order valence-corrected chi connectivity index (χ2v) is 3.27. The molecule has 1 rings (SSSR count). The third-order valence-corrected chi connectivity index (χ3v) is 2.02. The highest BCUT2D eigenvalue weighted by molar-refractivity contribution is 5.93. The highest BCUT2D eigenvalue weighted by Crippen LogP contribution is 2.18. The number of aliphatic hydroxyl groups excluding tert-OH is 1. The molecule has 4 nitrogen and oxygen atoms in total. The Kier molecular flexibility index (Phi) is 4.12. The molecule has 0 aliphatic heterocycles. The molecule has 0 bridgehead atoms. The van der Waals surface area contributed by atoms with Gasteiger partial charge < -0.3 is 15.6 Å². The Bertz CT molecular complexity index is 350. The van der Waals surface area contributed by atoms with Gasteiger partial charge in [-0.05, 0) is 30.7 Å². The van der Waals surface area contributed by atoms with Crippen LogP contribution in [0.1, 0.15) is 22.3 Å². The number of aliphatic hydroxyl groups is 1. The van der Waals surface area contributed by atoms with Gasteiger partial charge in [-0.15, -0.1) is 0 Å². The molecule has 0 radical (unpaired) electrons. The van der Waals surface area contributed by atoms with Gasteiger partial charge in [-0.25, -0.2) is 0 Å². The van der Waals surface area contributed by atoms with Gasteiger partial charge in [-0.3, -0.25) is 4.79 Å². The quantitative estimate of drug-likeness (QED) is 0.706. The van der Waals surface area contributed by atoms with Crippen LogP contribution in [-0.4, -0.2) is 24.2 Å². The molecule has 3 N–H and O–H groups in total. The summed E-state index contributed by atoms with van der Waals surface area (Å²) >= 11 is 0. The van der Waals surface area contributed by atoms with Crippen molar-refractivity contribution in [3.8, 4) is 5.75 Å². The highest BCUT2D eigenvalue weighted by Gasteiger charge is 2.04. The van der Waals surface area contributed by atoms with Crippen LogP contribution in [0.5, 0.6) is 5.75 Å². The minimum atomic E-state index is -0.444. The van der Waals surface area contributed by atoms with Crippen molar-refractivity contribution in [1.82, 2.24) is 0 Å². The SMILES string of the molecule is Cc1cc(C(N)=O)ccc1OCCCO. The van der Waals surface area contributed by atoms with E-state index in [2.05, 4.69) is 0 Å². The first-order valence-corrected chi connectivity index (χ1v) is 4.79. The predicted molar refractivity (Wildman–Crippen MR) is 56.9 cm³/mol. The number of nitrogens with two attached hydrogens (primary N) is 1. The monoisotopic (exact) mass is 209 g/mol. The van der Waals surface area contributed by atoms with E-state index < -0.39 is 5.91 Å². The van der Waals surface area contributed by atoms with Crippen LogP contribution in [0.3, 0.4) is 0 Å². The van der Waals surface area contributed by atoms with Gasteiger partial charge in [-0.2, -0.15) is 0 Å². The van der Waals surface area contributed by atoms with Crippen molar-refractivity contribution < 1.29 is 14.6 Å². The zero-order chi connectivity index (χ0) is 11.3. The van der Waals surface area contributed by atoms with Gasteiger partial charge in [0, 0.05) is 18.6 Å². The lowest BCUT2D eigenvalue weighted by atomic mass is 10.1. The smallest absolute Gasteiger partial charge is 0.248 e. The molecule has 0 aliphatic carbocycles. The Balaban J connectivity index is 2.70. The molecule has 82 valence electrons. The van der Waals surface area contributed by atoms with E-state index in [0.29, 0.717) is 24.3 Å². The molecular weight excluding hydrogens is 194 g/mol. The topological polar surface area (TPSA) is 72.6 Å². The van der Waals surface area contributed by atoms with Crippen LogP contribution >= 0.6 is 0 Å². The number of carbonyl (C=O) groups excluding carboxylic acids is 1. The Morgan fingerprint density at radius 1 is 1.53 bits per heavy atom. The number of carbonyl (C=O) groups is 1. The number of primary amides is 1. The number of aryl methyl sites for hydroxylation is 1. The lowest BCUT2D eigenvalue weighted by Crippen LogP contribution is -2.11. The van der Waals surface area contributed by atoms with Crippen molar-refractivity contribution in [3.05, 3.63) is 29.3 Å². The maximum Gasteiger partial charge on any atom is 0.248 e. The van der Waals surface area contributed by atoms with Crippen molar-refractivity contribution in [2.24, 2.45) is 5.73 Å². The second-order valence-electron chi connectivity index (χ2n) is 3.27. The van der Waals surface area contributed by atoms with Crippen molar-refractivity contribution in [3.63, 3.8) is 0 Å². The zero-order valence-corrected chi connectivity index (χ0v) is 8.69. The fourth-order valence-electron chi connectivity index (χ4n) is 1.21. The summed E-state index contributed by atoms with van der Waals surface area (Å²) in [6.07, 6.45) is 0.594. The van der Waals surface area contributed by atoms with Crippen molar-refractivity contribution in [1.29, 1.82) is 0 Å². The number of hydrogen-bond acceptors (Lipinski definition) is 3. The van der Waals surface area contributed by atoms with E-state index in [-0.39, 0.29) is 6.61 Å². The number of hydrogen-bond donors (Lipinski definition) is 2. The molecule has 4 heteroatoms. The summed E-state index contributed by atoms with van der Waals surface area (Å²) < 4.78 is 5.40. The number of amides is 1. The third-order valence-electron chi connectivity index (χ3n) is 2.02. The Morgan fingerprint density at radius 2 is 2.27 bits per heavy atom. The molecular formula is C11H15NO3. The van der Waals surface area contributed by atoms with Crippen LogP contribution in [0.2, 0.25) is 0 Å². The van der Waals surface area contributed by atoms with E-state index in [1.54, 1.807) is 18.2 Å². The van der Waals surface area contributed by atoms with Crippen LogP contribution in [-0.2, 0) is 0 Å². The third kappa shape index (κ3) is 3.25. The summed E-state index contributed by atoms with van der Waals surface area (Å²) in [5.41, 5.74) is 6.48. The Hall–Kier alpha value is -1.55. The number of rotatable bonds is 5. The molecule has 0 aliphatic rings. The van der Waals surface area contributed by atoms with Gasteiger partial charge in [0.15, 0.2) is 0 Å². The van der Waals surface area contributed by atoms with Gasteiger partial charge in [-0.1, -0.05) is 0 Å². The van der Waals surface area contributed by atoms with Crippen LogP contribution in [0.15, 0.2) is 18.2 Å². The summed E-state index contributed by atoms with van der Waals surface area (Å²) in [4.78, 5) is 10.9. The van der Waals surface area contributed by atoms with E-state index in [0.717, 1.165) is 5.56 Å². The fraction of sp³-hybridized carbons (Fsp3) is 0.364. The largest absolute Gasteiger partial charge is 0.493 e. The molecule has 0 saturated carbocycles. The molecule has 0 fully saturated rings. The van der Waals surface area contributed by atoms with Crippen LogP contribution in [0, 0.1) is 6.92 Å². The maximum absolute atomic E-state index is 10.9. The van der Waals surface area contributed by atoms with Crippen molar-refractivity contribution >= 4 is 5.91 Å². The Morgan fingerprint density at radius 3 is 2.80 bits per heavy atom. The average Bonchev–Trinajstić information content (AvgIpc) is 2.20. The summed E-state index contributed by atoms with van der Waals surface area (Å²) in [7, 11) is 0. The van der Waals surface area contributed by atoms with Crippen molar-refractivity contribution in [2.45, 2.75) is 13.3 Å². The molecule has 15 heavy (non-hydrogen) atoms.